The third kappa shape index (κ3) is 14.8. The maximum atomic E-state index is 13.4. The standard InChI is InChI=1S/C55H72O13SSi/c1-35(2)70(36(3)4,37(5)6)63-34-47-49(61-31-43-22-16-12-17-23-43)51(53(65-41(10)58)55(67-47)69-45-28-26-38(7)27-29-45)68-54-52(64-40(9)57)50(62-32-44-24-18-13-19-25-44)48(46(66-54)33-59-39(8)56)60-30-42-20-14-11-15-21-42/h11-29,35-37,46-55H,30-34H2,1-10H3/t46-,47-,48-,49-,50+,51+,52+,53+,54-,55-/m1/s1. The highest BCUT2D eigenvalue weighted by Gasteiger charge is 2.57. The van der Waals surface area contributed by atoms with Gasteiger partial charge in [0.05, 0.1) is 26.4 Å². The minimum absolute atomic E-state index is 0.0967. The molecule has 0 bridgehead atoms. The van der Waals surface area contributed by atoms with Crippen LogP contribution in [0.3, 0.4) is 0 Å². The second-order valence-corrected chi connectivity index (χ2v) is 25.6. The molecule has 13 nitrogen and oxygen atoms in total. The Bertz CT molecular complexity index is 2190. The fourth-order valence-corrected chi connectivity index (χ4v) is 16.3. The van der Waals surface area contributed by atoms with Gasteiger partial charge in [-0.05, 0) is 52.4 Å². The predicted octanol–water partition coefficient (Wildman–Crippen LogP) is 10.3. The van der Waals surface area contributed by atoms with Crippen LogP contribution in [-0.2, 0) is 81.3 Å². The molecule has 70 heavy (non-hydrogen) atoms. The van der Waals surface area contributed by atoms with Crippen LogP contribution in [0, 0.1) is 6.92 Å². The molecule has 0 aliphatic carbocycles. The van der Waals surface area contributed by atoms with E-state index in [1.807, 2.05) is 122 Å². The van der Waals surface area contributed by atoms with Gasteiger partial charge in [-0.3, -0.25) is 14.4 Å². The molecule has 2 aliphatic heterocycles. The van der Waals surface area contributed by atoms with Crippen molar-refractivity contribution in [1.82, 2.24) is 0 Å². The van der Waals surface area contributed by atoms with Crippen LogP contribution < -0.4 is 0 Å². The summed E-state index contributed by atoms with van der Waals surface area (Å²) in [7, 11) is -2.50. The largest absolute Gasteiger partial charge is 0.463 e. The molecule has 0 amide bonds. The Kier molecular flexibility index (Phi) is 20.6. The number of ether oxygens (including phenoxy) is 9. The number of hydrogen-bond acceptors (Lipinski definition) is 14. The summed E-state index contributed by atoms with van der Waals surface area (Å²) in [5.74, 6) is -1.75. The van der Waals surface area contributed by atoms with Gasteiger partial charge in [0, 0.05) is 25.7 Å². The molecule has 2 fully saturated rings. The molecule has 4 aromatic carbocycles. The van der Waals surface area contributed by atoms with Crippen LogP contribution in [0.25, 0.3) is 0 Å². The van der Waals surface area contributed by atoms with Gasteiger partial charge in [-0.1, -0.05) is 162 Å². The summed E-state index contributed by atoms with van der Waals surface area (Å²) in [6.45, 7) is 19.6. The van der Waals surface area contributed by atoms with Crippen molar-refractivity contribution in [2.45, 2.75) is 171 Å². The van der Waals surface area contributed by atoms with Crippen molar-refractivity contribution in [2.75, 3.05) is 13.2 Å². The van der Waals surface area contributed by atoms with Crippen molar-refractivity contribution in [2.24, 2.45) is 0 Å². The first-order chi connectivity index (χ1) is 33.5. The van der Waals surface area contributed by atoms with Crippen LogP contribution in [0.15, 0.2) is 120 Å². The summed E-state index contributed by atoms with van der Waals surface area (Å²) < 4.78 is 67.1. The molecule has 10 atom stereocenters. The highest BCUT2D eigenvalue weighted by Crippen LogP contribution is 2.45. The molecule has 2 heterocycles. The molecule has 0 unspecified atom stereocenters. The van der Waals surface area contributed by atoms with E-state index >= 15 is 0 Å². The number of thioether (sulfide) groups is 1. The highest BCUT2D eigenvalue weighted by atomic mass is 32.2. The predicted molar refractivity (Wildman–Crippen MR) is 269 cm³/mol. The maximum absolute atomic E-state index is 13.4. The van der Waals surface area contributed by atoms with Crippen molar-refractivity contribution in [3.63, 3.8) is 0 Å². The van der Waals surface area contributed by atoms with Crippen molar-refractivity contribution in [1.29, 1.82) is 0 Å². The summed E-state index contributed by atoms with van der Waals surface area (Å²) in [6, 6.07) is 36.9. The molecule has 6 rings (SSSR count). The maximum Gasteiger partial charge on any atom is 0.303 e. The number of carbonyl (C=O) groups is 3. The van der Waals surface area contributed by atoms with Crippen molar-refractivity contribution < 1.29 is 61.4 Å². The molecule has 0 radical (unpaired) electrons. The second-order valence-electron chi connectivity index (χ2n) is 19.0. The van der Waals surface area contributed by atoms with Crippen LogP contribution in [0.1, 0.15) is 84.6 Å². The number of hydrogen-bond donors (Lipinski definition) is 0. The zero-order valence-electron chi connectivity index (χ0n) is 42.2. The number of benzene rings is 4. The topological polar surface area (TPSA) is 144 Å². The number of aryl methyl sites for hydroxylation is 1. The Morgan fingerprint density at radius 1 is 0.529 bits per heavy atom. The first kappa shape index (κ1) is 54.9. The van der Waals surface area contributed by atoms with Gasteiger partial charge in [0.15, 0.2) is 26.8 Å². The zero-order valence-corrected chi connectivity index (χ0v) is 44.0. The molecule has 2 aliphatic rings. The summed E-state index contributed by atoms with van der Waals surface area (Å²) in [4.78, 5) is 40.1. The first-order valence-corrected chi connectivity index (χ1v) is 27.4. The molecule has 0 N–H and O–H groups in total. The second kappa shape index (κ2) is 26.3. The van der Waals surface area contributed by atoms with Crippen molar-refractivity contribution in [3.8, 4) is 0 Å². The highest BCUT2D eigenvalue weighted by molar-refractivity contribution is 7.99. The number of carbonyl (C=O) groups excluding carboxylic acids is 3. The molecule has 4 aromatic rings. The fourth-order valence-electron chi connectivity index (χ4n) is 9.74. The van der Waals surface area contributed by atoms with Gasteiger partial charge in [0.2, 0.25) is 0 Å². The molecular formula is C55H72O13SSi. The van der Waals surface area contributed by atoms with E-state index in [4.69, 9.17) is 47.1 Å². The summed E-state index contributed by atoms with van der Waals surface area (Å²) >= 11 is 1.39. The van der Waals surface area contributed by atoms with Crippen molar-refractivity contribution in [3.05, 3.63) is 138 Å². The van der Waals surface area contributed by atoms with Crippen LogP contribution in [0.4, 0.5) is 0 Å². The van der Waals surface area contributed by atoms with Crippen LogP contribution in [0.5, 0.6) is 0 Å². The Balaban J connectivity index is 1.49. The van der Waals surface area contributed by atoms with E-state index in [2.05, 4.69) is 41.5 Å². The van der Waals surface area contributed by atoms with E-state index in [-0.39, 0.29) is 49.7 Å². The zero-order chi connectivity index (χ0) is 50.4. The van der Waals surface area contributed by atoms with Gasteiger partial charge in [0.25, 0.3) is 0 Å². The number of esters is 3. The normalized spacial score (nSPS) is 24.9. The fraction of sp³-hybridized carbons (Fsp3) is 0.509. The quantitative estimate of drug-likeness (QED) is 0.0395. The minimum Gasteiger partial charge on any atom is -0.463 e. The third-order valence-electron chi connectivity index (χ3n) is 12.9. The van der Waals surface area contributed by atoms with Gasteiger partial charge in [-0.15, -0.1) is 0 Å². The third-order valence-corrected chi connectivity index (χ3v) is 20.1. The van der Waals surface area contributed by atoms with E-state index < -0.39 is 86.8 Å². The molecule has 0 saturated carbocycles. The van der Waals surface area contributed by atoms with E-state index in [1.54, 1.807) is 0 Å². The van der Waals surface area contributed by atoms with E-state index in [1.165, 1.54) is 32.5 Å². The first-order valence-electron chi connectivity index (χ1n) is 24.3. The summed E-state index contributed by atoms with van der Waals surface area (Å²) in [5.41, 5.74) is 3.61. The van der Waals surface area contributed by atoms with E-state index in [0.29, 0.717) is 0 Å². The Morgan fingerprint density at radius 3 is 1.43 bits per heavy atom. The lowest BCUT2D eigenvalue weighted by Gasteiger charge is -2.50. The molecule has 0 aromatic heterocycles. The summed E-state index contributed by atoms with van der Waals surface area (Å²) in [6.07, 6.45) is -9.69. The molecule has 2 saturated heterocycles. The Labute approximate surface area is 419 Å². The molecular weight excluding hydrogens is 929 g/mol. The average molecular weight is 1000 g/mol. The lowest BCUT2D eigenvalue weighted by Crippen LogP contribution is -2.66. The molecule has 380 valence electrons. The van der Waals surface area contributed by atoms with Gasteiger partial charge in [-0.25, -0.2) is 0 Å². The number of rotatable bonds is 23. The van der Waals surface area contributed by atoms with Crippen LogP contribution in [0.2, 0.25) is 16.6 Å². The van der Waals surface area contributed by atoms with Gasteiger partial charge >= 0.3 is 17.9 Å². The smallest absolute Gasteiger partial charge is 0.303 e. The van der Waals surface area contributed by atoms with E-state index in [0.717, 1.165) is 27.1 Å². The lowest BCUT2D eigenvalue weighted by molar-refractivity contribution is -0.350. The van der Waals surface area contributed by atoms with Gasteiger partial charge < -0.3 is 47.1 Å². The SMILES string of the molecule is CC(=O)OC[C@H]1O[C@H](O[C@@H]2[C@H](OC(C)=O)[C@@H](Sc3ccc(C)cc3)O[C@H](CO[Si](C(C)C)(C(C)C)C(C)C)[C@H]2OCc2ccccc2)[C@@H](OC(C)=O)[C@@H](OCc2ccccc2)[C@@H]1OCc1ccccc1. The summed E-state index contributed by atoms with van der Waals surface area (Å²) in [5, 5.41) is 0. The Hall–Kier alpha value is -4.42. The van der Waals surface area contributed by atoms with Gasteiger partial charge in [0.1, 0.15) is 48.7 Å². The molecule has 0 spiro atoms. The average Bonchev–Trinajstić information content (AvgIpc) is 3.32. The van der Waals surface area contributed by atoms with E-state index in [9.17, 15) is 14.4 Å². The van der Waals surface area contributed by atoms with Crippen molar-refractivity contribution >= 4 is 38.0 Å². The van der Waals surface area contributed by atoms with Crippen LogP contribution in [-0.4, -0.2) is 100.0 Å². The molecule has 15 heteroatoms. The van der Waals surface area contributed by atoms with Gasteiger partial charge in [-0.2, -0.15) is 0 Å². The monoisotopic (exact) mass is 1000 g/mol. The Morgan fingerprint density at radius 2 is 0.971 bits per heavy atom. The van der Waals surface area contributed by atoms with Crippen LogP contribution >= 0.6 is 11.8 Å². The minimum atomic E-state index is -2.50. The lowest BCUT2D eigenvalue weighted by atomic mass is 9.96.